The monoisotopic (exact) mass is 364 g/mol. The van der Waals surface area contributed by atoms with Gasteiger partial charge in [0, 0.05) is 0 Å². The van der Waals surface area contributed by atoms with E-state index < -0.39 is 19.9 Å². The Hall–Kier alpha value is -2.79. The Labute approximate surface area is 145 Å². The second-order valence-electron chi connectivity index (χ2n) is 5.00. The Bertz CT molecular complexity index is 685. The highest BCUT2D eigenvalue weighted by molar-refractivity contribution is 7.54. The molecule has 0 unspecified atom stereocenters. The summed E-state index contributed by atoms with van der Waals surface area (Å²) in [5.41, 5.74) is 1.46. The predicted molar refractivity (Wildman–Crippen MR) is 89.0 cm³/mol. The Kier molecular flexibility index (Phi) is 6.60. The number of ether oxygens (including phenoxy) is 2. The molecule has 2 aromatic rings. The number of carbonyl (C=O) groups excluding carboxylic acids is 2. The van der Waals surface area contributed by atoms with Gasteiger partial charge in [0.25, 0.3) is 0 Å². The van der Waals surface area contributed by atoms with Crippen LogP contribution in [0.1, 0.15) is 11.1 Å². The molecule has 2 rings (SSSR count). The maximum absolute atomic E-state index is 12.0. The van der Waals surface area contributed by atoms with Crippen molar-refractivity contribution < 1.29 is 32.7 Å². The van der Waals surface area contributed by atoms with Gasteiger partial charge in [-0.3, -0.25) is 0 Å². The van der Waals surface area contributed by atoms with E-state index in [2.05, 4.69) is 9.05 Å². The van der Waals surface area contributed by atoms with Crippen LogP contribution in [-0.4, -0.2) is 19.0 Å². The third-order valence-corrected chi connectivity index (χ3v) is 3.84. The summed E-state index contributed by atoms with van der Waals surface area (Å²) >= 11 is 0. The van der Waals surface area contributed by atoms with Gasteiger partial charge >= 0.3 is 19.9 Å². The van der Waals surface area contributed by atoms with Gasteiger partial charge in [-0.25, -0.2) is 14.2 Å². The normalized spacial score (nSPS) is 10.6. The predicted octanol–water partition coefficient (Wildman–Crippen LogP) is 4.52. The van der Waals surface area contributed by atoms with Gasteiger partial charge in [-0.2, -0.15) is 0 Å². The summed E-state index contributed by atoms with van der Waals surface area (Å²) in [7, 11) is -4.00. The molecule has 0 fully saturated rings. The van der Waals surface area contributed by atoms with E-state index in [-0.39, 0.29) is 13.2 Å². The van der Waals surface area contributed by atoms with Gasteiger partial charge in [0.2, 0.25) is 0 Å². The van der Waals surface area contributed by atoms with Crippen LogP contribution in [0.5, 0.6) is 0 Å². The molecule has 0 heterocycles. The van der Waals surface area contributed by atoms with Crippen molar-refractivity contribution in [3.8, 4) is 0 Å². The summed E-state index contributed by atoms with van der Waals surface area (Å²) in [5.74, 6) is 0. The van der Waals surface area contributed by atoms with E-state index >= 15 is 0 Å². The van der Waals surface area contributed by atoms with Gasteiger partial charge in [0.1, 0.15) is 13.2 Å². The number of benzene rings is 2. The third-order valence-electron chi connectivity index (χ3n) is 2.88. The standard InChI is InChI=1S/C17H17O7P/c1-25(20,23-16(18)21-12-14-8-4-2-5-9-14)24-17(19)22-13-15-10-6-3-7-11-15/h2-11H,12-13H2,1H3. The summed E-state index contributed by atoms with van der Waals surface area (Å²) in [5, 5.41) is 0. The minimum atomic E-state index is -4.00. The molecular weight excluding hydrogens is 347 g/mol. The molecule has 0 radical (unpaired) electrons. The highest BCUT2D eigenvalue weighted by Gasteiger charge is 2.28. The second-order valence-corrected chi connectivity index (χ2v) is 6.91. The lowest BCUT2D eigenvalue weighted by Crippen LogP contribution is -2.11. The molecule has 0 atom stereocenters. The maximum atomic E-state index is 12.0. The zero-order chi connectivity index (χ0) is 18.1. The lowest BCUT2D eigenvalue weighted by atomic mass is 10.2. The number of hydrogen-bond acceptors (Lipinski definition) is 7. The molecule has 0 aliphatic heterocycles. The average molecular weight is 364 g/mol. The van der Waals surface area contributed by atoms with Gasteiger partial charge in [0.05, 0.1) is 6.66 Å². The van der Waals surface area contributed by atoms with Crippen LogP contribution < -0.4 is 0 Å². The summed E-state index contributed by atoms with van der Waals surface area (Å²) in [6.45, 7) is 0.858. The van der Waals surface area contributed by atoms with Gasteiger partial charge in [-0.1, -0.05) is 60.7 Å². The van der Waals surface area contributed by atoms with Crippen LogP contribution in [0.2, 0.25) is 0 Å². The van der Waals surface area contributed by atoms with Crippen LogP contribution >= 0.6 is 7.60 Å². The van der Waals surface area contributed by atoms with Gasteiger partial charge in [-0.15, -0.1) is 0 Å². The van der Waals surface area contributed by atoms with E-state index in [0.717, 1.165) is 17.8 Å². The van der Waals surface area contributed by atoms with Crippen LogP contribution in [0.15, 0.2) is 60.7 Å². The molecule has 0 N–H and O–H groups in total. The average Bonchev–Trinajstić information content (AvgIpc) is 2.59. The van der Waals surface area contributed by atoms with E-state index in [9.17, 15) is 14.2 Å². The smallest absolute Gasteiger partial charge is 0.429 e. The molecule has 7 nitrogen and oxygen atoms in total. The SMILES string of the molecule is CP(=O)(OC(=O)OCc1ccccc1)OC(=O)OCc1ccccc1. The summed E-state index contributed by atoms with van der Waals surface area (Å²) < 4.78 is 30.7. The minimum Gasteiger partial charge on any atom is -0.429 e. The van der Waals surface area contributed by atoms with Crippen molar-refractivity contribution in [1.82, 2.24) is 0 Å². The summed E-state index contributed by atoms with van der Waals surface area (Å²) in [6, 6.07) is 17.7. The van der Waals surface area contributed by atoms with Crippen molar-refractivity contribution in [2.75, 3.05) is 6.66 Å². The topological polar surface area (TPSA) is 88.1 Å². The van der Waals surface area contributed by atoms with Gasteiger partial charge in [0.15, 0.2) is 0 Å². The first-order valence-corrected chi connectivity index (χ1v) is 9.32. The van der Waals surface area contributed by atoms with Crippen LogP contribution in [-0.2, 0) is 36.3 Å². The quantitative estimate of drug-likeness (QED) is 0.550. The number of carbonyl (C=O) groups is 2. The first kappa shape index (κ1) is 18.5. The molecule has 0 spiro atoms. The van der Waals surface area contributed by atoms with Crippen molar-refractivity contribution in [3.05, 3.63) is 71.8 Å². The van der Waals surface area contributed by atoms with Crippen molar-refractivity contribution >= 4 is 19.9 Å². The molecule has 2 aromatic carbocycles. The Morgan fingerprint density at radius 3 is 1.48 bits per heavy atom. The lowest BCUT2D eigenvalue weighted by Gasteiger charge is -2.13. The van der Waals surface area contributed by atoms with E-state index in [4.69, 9.17) is 9.47 Å². The number of hydrogen-bond donors (Lipinski definition) is 0. The first-order chi connectivity index (χ1) is 11.9. The van der Waals surface area contributed by atoms with E-state index in [1.54, 1.807) is 48.5 Å². The Morgan fingerprint density at radius 1 is 0.760 bits per heavy atom. The summed E-state index contributed by atoms with van der Waals surface area (Å²) in [4.78, 5) is 23.1. The van der Waals surface area contributed by atoms with Crippen molar-refractivity contribution in [3.63, 3.8) is 0 Å². The Morgan fingerprint density at radius 2 is 1.12 bits per heavy atom. The van der Waals surface area contributed by atoms with Crippen LogP contribution in [0.3, 0.4) is 0 Å². The largest absolute Gasteiger partial charge is 0.515 e. The molecule has 132 valence electrons. The van der Waals surface area contributed by atoms with Crippen molar-refractivity contribution in [1.29, 1.82) is 0 Å². The highest BCUT2D eigenvalue weighted by Crippen LogP contribution is 2.44. The van der Waals surface area contributed by atoms with Gasteiger partial charge in [-0.05, 0) is 11.1 Å². The first-order valence-electron chi connectivity index (χ1n) is 7.33. The molecule has 0 saturated carbocycles. The molecule has 0 bridgehead atoms. The van der Waals surface area contributed by atoms with E-state index in [1.807, 2.05) is 12.1 Å². The molecular formula is C17H17O7P. The van der Waals surface area contributed by atoms with Crippen LogP contribution in [0, 0.1) is 0 Å². The minimum absolute atomic E-state index is 0.0574. The van der Waals surface area contributed by atoms with Crippen molar-refractivity contribution in [2.24, 2.45) is 0 Å². The molecule has 0 amide bonds. The van der Waals surface area contributed by atoms with E-state index in [0.29, 0.717) is 0 Å². The Balaban J connectivity index is 1.75. The zero-order valence-electron chi connectivity index (χ0n) is 13.5. The second kappa shape index (κ2) is 8.89. The van der Waals surface area contributed by atoms with Gasteiger partial charge < -0.3 is 18.5 Å². The highest BCUT2D eigenvalue weighted by atomic mass is 31.2. The summed E-state index contributed by atoms with van der Waals surface area (Å²) in [6.07, 6.45) is -2.41. The van der Waals surface area contributed by atoms with E-state index in [1.165, 1.54) is 0 Å². The molecule has 8 heteroatoms. The number of rotatable bonds is 6. The zero-order valence-corrected chi connectivity index (χ0v) is 14.4. The molecule has 0 aromatic heterocycles. The molecule has 0 aliphatic rings. The molecule has 25 heavy (non-hydrogen) atoms. The van der Waals surface area contributed by atoms with Crippen LogP contribution in [0.4, 0.5) is 9.59 Å². The van der Waals surface area contributed by atoms with Crippen molar-refractivity contribution in [2.45, 2.75) is 13.2 Å². The molecule has 0 saturated heterocycles. The third kappa shape index (κ3) is 7.10. The fourth-order valence-electron chi connectivity index (χ4n) is 1.78. The van der Waals surface area contributed by atoms with Crippen LogP contribution in [0.25, 0.3) is 0 Å². The maximum Gasteiger partial charge on any atom is 0.515 e. The molecule has 0 aliphatic carbocycles. The lowest BCUT2D eigenvalue weighted by molar-refractivity contribution is 0.0721. The fraction of sp³-hybridized carbons (Fsp3) is 0.176. The fourth-order valence-corrected chi connectivity index (χ4v) is 2.46.